The summed E-state index contributed by atoms with van der Waals surface area (Å²) in [6.45, 7) is 6.07. The summed E-state index contributed by atoms with van der Waals surface area (Å²) >= 11 is 0. The van der Waals surface area contributed by atoms with E-state index in [4.69, 9.17) is 0 Å². The van der Waals surface area contributed by atoms with Crippen LogP contribution in [0.25, 0.3) is 0 Å². The lowest BCUT2D eigenvalue weighted by atomic mass is 10.1. The van der Waals surface area contributed by atoms with E-state index in [0.29, 0.717) is 12.6 Å². The highest BCUT2D eigenvalue weighted by molar-refractivity contribution is 5.79. The first-order valence-electron chi connectivity index (χ1n) is 9.15. The fraction of sp³-hybridized carbons (Fsp3) is 0.632. The Bertz CT molecular complexity index is 561. The average molecular weight is 349 g/mol. The van der Waals surface area contributed by atoms with Crippen LogP contribution in [-0.4, -0.2) is 69.1 Å². The molecule has 2 unspecified atom stereocenters. The van der Waals surface area contributed by atoms with Crippen molar-refractivity contribution in [1.29, 1.82) is 0 Å². The van der Waals surface area contributed by atoms with E-state index in [-0.39, 0.29) is 11.9 Å². The summed E-state index contributed by atoms with van der Waals surface area (Å²) < 4.78 is 13.5. The first-order valence-corrected chi connectivity index (χ1v) is 9.15. The molecule has 1 fully saturated rings. The van der Waals surface area contributed by atoms with Crippen LogP contribution in [0.4, 0.5) is 4.39 Å². The predicted octanol–water partition coefficient (Wildman–Crippen LogP) is 2.08. The Labute approximate surface area is 151 Å². The standard InChI is InChI=1S/C19H32FN5/c1-5-25-11-7-10-17(25)13-22-19(21-2)23-14-18(24(3)4)15-8-6-9-16(20)12-15/h6,8-9,12,17-18H,5,7,10-11,13-14H2,1-4H3,(H2,21,22,23). The van der Waals surface area contributed by atoms with Gasteiger partial charge in [-0.2, -0.15) is 0 Å². The molecule has 1 aliphatic heterocycles. The normalized spacial score (nSPS) is 20.1. The minimum absolute atomic E-state index is 0.0767. The molecule has 0 aliphatic carbocycles. The summed E-state index contributed by atoms with van der Waals surface area (Å²) in [5, 5.41) is 6.82. The van der Waals surface area contributed by atoms with Gasteiger partial charge in [-0.05, 0) is 57.7 Å². The van der Waals surface area contributed by atoms with E-state index in [1.54, 1.807) is 19.2 Å². The largest absolute Gasteiger partial charge is 0.355 e. The van der Waals surface area contributed by atoms with Gasteiger partial charge in [-0.1, -0.05) is 19.1 Å². The average Bonchev–Trinajstić information content (AvgIpc) is 3.05. The van der Waals surface area contributed by atoms with Crippen molar-refractivity contribution in [1.82, 2.24) is 20.4 Å². The molecule has 2 atom stereocenters. The van der Waals surface area contributed by atoms with Crippen LogP contribution in [-0.2, 0) is 0 Å². The van der Waals surface area contributed by atoms with Gasteiger partial charge >= 0.3 is 0 Å². The third-order valence-corrected chi connectivity index (χ3v) is 4.95. The molecule has 0 bridgehead atoms. The Morgan fingerprint density at radius 3 is 2.84 bits per heavy atom. The maximum Gasteiger partial charge on any atom is 0.191 e. The van der Waals surface area contributed by atoms with Gasteiger partial charge in [-0.25, -0.2) is 4.39 Å². The van der Waals surface area contributed by atoms with Gasteiger partial charge in [0.1, 0.15) is 5.82 Å². The zero-order valence-corrected chi connectivity index (χ0v) is 15.9. The van der Waals surface area contributed by atoms with Crippen molar-refractivity contribution < 1.29 is 4.39 Å². The molecule has 0 spiro atoms. The number of likely N-dealkylation sites (tertiary alicyclic amines) is 1. The van der Waals surface area contributed by atoms with Crippen LogP contribution in [0.3, 0.4) is 0 Å². The fourth-order valence-electron chi connectivity index (χ4n) is 3.48. The van der Waals surface area contributed by atoms with Crippen LogP contribution in [0.15, 0.2) is 29.3 Å². The lowest BCUT2D eigenvalue weighted by Crippen LogP contribution is -2.46. The Balaban J connectivity index is 1.89. The highest BCUT2D eigenvalue weighted by Gasteiger charge is 2.23. The number of rotatable bonds is 7. The molecule has 1 aromatic carbocycles. The topological polar surface area (TPSA) is 42.9 Å². The third-order valence-electron chi connectivity index (χ3n) is 4.95. The highest BCUT2D eigenvalue weighted by Crippen LogP contribution is 2.18. The molecule has 6 heteroatoms. The van der Waals surface area contributed by atoms with Crippen molar-refractivity contribution in [3.63, 3.8) is 0 Å². The van der Waals surface area contributed by atoms with E-state index < -0.39 is 0 Å². The van der Waals surface area contributed by atoms with Crippen molar-refractivity contribution in [2.75, 3.05) is 47.3 Å². The summed E-state index contributed by atoms with van der Waals surface area (Å²) in [4.78, 5) is 8.92. The molecule has 2 rings (SSSR count). The van der Waals surface area contributed by atoms with Gasteiger partial charge in [0, 0.05) is 26.2 Å². The Hall–Kier alpha value is -1.66. The second-order valence-corrected chi connectivity index (χ2v) is 6.79. The first-order chi connectivity index (χ1) is 12.0. The fourth-order valence-corrected chi connectivity index (χ4v) is 3.48. The molecule has 1 aromatic rings. The summed E-state index contributed by atoms with van der Waals surface area (Å²) in [5.41, 5.74) is 0.959. The van der Waals surface area contributed by atoms with Crippen LogP contribution in [0.2, 0.25) is 0 Å². The highest BCUT2D eigenvalue weighted by atomic mass is 19.1. The number of hydrogen-bond donors (Lipinski definition) is 2. The quantitative estimate of drug-likeness (QED) is 0.584. The summed E-state index contributed by atoms with van der Waals surface area (Å²) in [6.07, 6.45) is 2.51. The van der Waals surface area contributed by atoms with E-state index in [1.807, 2.05) is 20.2 Å². The maximum absolute atomic E-state index is 13.5. The summed E-state index contributed by atoms with van der Waals surface area (Å²) in [6, 6.07) is 7.45. The predicted molar refractivity (Wildman–Crippen MR) is 102 cm³/mol. The van der Waals surface area contributed by atoms with E-state index in [0.717, 1.165) is 24.6 Å². The van der Waals surface area contributed by atoms with Crippen molar-refractivity contribution in [3.05, 3.63) is 35.6 Å². The Morgan fingerprint density at radius 2 is 2.20 bits per heavy atom. The van der Waals surface area contributed by atoms with Crippen molar-refractivity contribution in [2.24, 2.45) is 4.99 Å². The molecular weight excluding hydrogens is 317 g/mol. The molecule has 2 N–H and O–H groups in total. The minimum Gasteiger partial charge on any atom is -0.355 e. The van der Waals surface area contributed by atoms with E-state index >= 15 is 0 Å². The van der Waals surface area contributed by atoms with Crippen LogP contribution in [0.5, 0.6) is 0 Å². The maximum atomic E-state index is 13.5. The molecule has 1 aliphatic rings. The summed E-state index contributed by atoms with van der Waals surface area (Å²) in [7, 11) is 5.80. The lowest BCUT2D eigenvalue weighted by molar-refractivity contribution is 0.266. The molecule has 1 saturated heterocycles. The number of likely N-dealkylation sites (N-methyl/N-ethyl adjacent to an activating group) is 2. The van der Waals surface area contributed by atoms with Gasteiger partial charge in [-0.15, -0.1) is 0 Å². The molecule has 0 aromatic heterocycles. The van der Waals surface area contributed by atoms with Crippen molar-refractivity contribution >= 4 is 5.96 Å². The zero-order chi connectivity index (χ0) is 18.2. The van der Waals surface area contributed by atoms with Gasteiger partial charge in [0.25, 0.3) is 0 Å². The molecule has 5 nitrogen and oxygen atoms in total. The number of nitrogens with one attached hydrogen (secondary N) is 2. The van der Waals surface area contributed by atoms with Gasteiger partial charge in [-0.3, -0.25) is 9.89 Å². The van der Waals surface area contributed by atoms with Crippen LogP contribution in [0, 0.1) is 5.82 Å². The minimum atomic E-state index is -0.201. The second kappa shape index (κ2) is 9.73. The monoisotopic (exact) mass is 349 g/mol. The number of aliphatic imine (C=N–C) groups is 1. The Morgan fingerprint density at radius 1 is 1.40 bits per heavy atom. The number of halogens is 1. The van der Waals surface area contributed by atoms with Gasteiger partial charge in [0.15, 0.2) is 5.96 Å². The number of benzene rings is 1. The molecule has 1 heterocycles. The molecule has 0 amide bonds. The third kappa shape index (κ3) is 5.68. The van der Waals surface area contributed by atoms with Crippen LogP contribution in [0.1, 0.15) is 31.4 Å². The number of nitrogens with zero attached hydrogens (tertiary/aromatic N) is 3. The van der Waals surface area contributed by atoms with Crippen molar-refractivity contribution in [3.8, 4) is 0 Å². The number of guanidine groups is 1. The summed E-state index contributed by atoms with van der Waals surface area (Å²) in [5.74, 6) is 0.596. The molecular formula is C19H32FN5. The zero-order valence-electron chi connectivity index (χ0n) is 15.9. The lowest BCUT2D eigenvalue weighted by Gasteiger charge is -2.27. The molecule has 140 valence electrons. The van der Waals surface area contributed by atoms with Crippen LogP contribution >= 0.6 is 0 Å². The second-order valence-electron chi connectivity index (χ2n) is 6.79. The molecule has 0 radical (unpaired) electrons. The van der Waals surface area contributed by atoms with Crippen molar-refractivity contribution in [2.45, 2.75) is 31.8 Å². The van der Waals surface area contributed by atoms with E-state index in [9.17, 15) is 4.39 Å². The smallest absolute Gasteiger partial charge is 0.191 e. The Kier molecular flexibility index (Phi) is 7.65. The van der Waals surface area contributed by atoms with Crippen LogP contribution < -0.4 is 10.6 Å². The first kappa shape index (κ1) is 19.7. The van der Waals surface area contributed by atoms with E-state index in [2.05, 4.69) is 32.3 Å². The number of hydrogen-bond acceptors (Lipinski definition) is 3. The SMILES string of the molecule is CCN1CCCC1CNC(=NC)NCC(c1cccc(F)c1)N(C)C. The van der Waals surface area contributed by atoms with Gasteiger partial charge in [0.2, 0.25) is 0 Å². The molecule has 0 saturated carbocycles. The van der Waals surface area contributed by atoms with Gasteiger partial charge in [0.05, 0.1) is 6.04 Å². The molecule has 25 heavy (non-hydrogen) atoms. The van der Waals surface area contributed by atoms with Gasteiger partial charge < -0.3 is 15.5 Å². The van der Waals surface area contributed by atoms with E-state index in [1.165, 1.54) is 25.5 Å².